The fraction of sp³-hybridized carbons (Fsp3) is 0.875. The van der Waals surface area contributed by atoms with Gasteiger partial charge >= 0.3 is 0 Å². The number of hydrogen-bond acceptors (Lipinski definition) is 3. The van der Waals surface area contributed by atoms with Crippen molar-refractivity contribution in [3.05, 3.63) is 5.82 Å². The van der Waals surface area contributed by atoms with E-state index in [0.717, 1.165) is 24.0 Å². The second-order valence-corrected chi connectivity index (χ2v) is 4.23. The molecule has 0 aromatic carbocycles. The lowest BCUT2D eigenvalue weighted by atomic mass is 9.86. The van der Waals surface area contributed by atoms with E-state index in [1.54, 1.807) is 7.05 Å². The molecule has 74 valence electrons. The van der Waals surface area contributed by atoms with Crippen LogP contribution < -0.4 is 0 Å². The summed E-state index contributed by atoms with van der Waals surface area (Å²) in [6, 6.07) is 0. The van der Waals surface area contributed by atoms with Crippen molar-refractivity contribution in [1.29, 1.82) is 0 Å². The Kier molecular flexibility index (Phi) is 3.41. The predicted molar refractivity (Wildman–Crippen MR) is 54.7 cm³/mol. The summed E-state index contributed by atoms with van der Waals surface area (Å²) in [7, 11) is 1.79. The van der Waals surface area contributed by atoms with E-state index in [1.807, 2.05) is 0 Å². The first-order valence-electron chi connectivity index (χ1n) is 4.38. The number of halogens is 1. The van der Waals surface area contributed by atoms with Crippen LogP contribution in [0.4, 0.5) is 0 Å². The molecule has 5 heteroatoms. The molecule has 13 heavy (non-hydrogen) atoms. The van der Waals surface area contributed by atoms with Crippen LogP contribution in [0.15, 0.2) is 0 Å². The van der Waals surface area contributed by atoms with Crippen molar-refractivity contribution in [2.75, 3.05) is 5.33 Å². The molecule has 0 N–H and O–H groups in total. The summed E-state index contributed by atoms with van der Waals surface area (Å²) in [6.45, 7) is 4.40. The maximum Gasteiger partial charge on any atom is 0.175 e. The topological polar surface area (TPSA) is 43.6 Å². The molecule has 4 nitrogen and oxygen atoms in total. The van der Waals surface area contributed by atoms with E-state index in [9.17, 15) is 0 Å². The van der Waals surface area contributed by atoms with Crippen LogP contribution in [0.1, 0.15) is 26.1 Å². The zero-order valence-electron chi connectivity index (χ0n) is 8.29. The minimum Gasteiger partial charge on any atom is -0.167 e. The van der Waals surface area contributed by atoms with Crippen LogP contribution in [0, 0.1) is 5.41 Å². The summed E-state index contributed by atoms with van der Waals surface area (Å²) in [5.41, 5.74) is 0.239. The molecule has 1 aromatic heterocycles. The van der Waals surface area contributed by atoms with E-state index in [0.29, 0.717) is 0 Å². The largest absolute Gasteiger partial charge is 0.175 e. The molecule has 0 radical (unpaired) electrons. The van der Waals surface area contributed by atoms with Gasteiger partial charge in [-0.05, 0) is 17.0 Å². The van der Waals surface area contributed by atoms with Crippen LogP contribution in [-0.4, -0.2) is 25.5 Å². The first-order valence-corrected chi connectivity index (χ1v) is 5.50. The van der Waals surface area contributed by atoms with Gasteiger partial charge in [-0.15, -0.1) is 10.2 Å². The zero-order chi connectivity index (χ0) is 9.90. The second-order valence-electron chi connectivity index (χ2n) is 3.67. The maximum atomic E-state index is 4.17. The van der Waals surface area contributed by atoms with Crippen LogP contribution >= 0.6 is 15.9 Å². The quantitative estimate of drug-likeness (QED) is 0.758. The molecule has 0 bridgehead atoms. The highest BCUT2D eigenvalue weighted by Gasteiger charge is 2.23. The average Bonchev–Trinajstić information content (AvgIpc) is 2.51. The number of rotatable bonds is 4. The Balaban J connectivity index is 2.67. The summed E-state index contributed by atoms with van der Waals surface area (Å²) in [4.78, 5) is 1.50. The van der Waals surface area contributed by atoms with Gasteiger partial charge in [0.1, 0.15) is 0 Å². The molecule has 1 unspecified atom stereocenters. The number of nitrogens with zero attached hydrogens (tertiary/aromatic N) is 4. The number of alkyl halides is 1. The SMILES string of the molecule is CCC(C)(CBr)Cc1nnn(C)n1. The predicted octanol–water partition coefficient (Wildman–Crippen LogP) is 1.56. The van der Waals surface area contributed by atoms with Crippen molar-refractivity contribution in [3.8, 4) is 0 Å². The van der Waals surface area contributed by atoms with Gasteiger partial charge in [-0.25, -0.2) is 0 Å². The van der Waals surface area contributed by atoms with Crippen molar-refractivity contribution in [3.63, 3.8) is 0 Å². The number of hydrogen-bond donors (Lipinski definition) is 0. The molecular weight excluding hydrogens is 232 g/mol. The Morgan fingerprint density at radius 1 is 1.54 bits per heavy atom. The second kappa shape index (κ2) is 4.17. The minimum atomic E-state index is 0.239. The first-order chi connectivity index (χ1) is 6.09. The molecule has 1 atom stereocenters. The average molecular weight is 247 g/mol. The third-order valence-electron chi connectivity index (χ3n) is 2.31. The molecule has 0 aliphatic carbocycles. The number of tetrazole rings is 1. The van der Waals surface area contributed by atoms with E-state index in [-0.39, 0.29) is 5.41 Å². The van der Waals surface area contributed by atoms with E-state index >= 15 is 0 Å². The lowest BCUT2D eigenvalue weighted by molar-refractivity contribution is 0.352. The fourth-order valence-corrected chi connectivity index (χ4v) is 1.64. The van der Waals surface area contributed by atoms with Crippen LogP contribution in [0.5, 0.6) is 0 Å². The molecule has 0 fully saturated rings. The molecule has 1 heterocycles. The monoisotopic (exact) mass is 246 g/mol. The molecule has 1 rings (SSSR count). The van der Waals surface area contributed by atoms with Crippen molar-refractivity contribution in [2.24, 2.45) is 12.5 Å². The summed E-state index contributed by atoms with van der Waals surface area (Å²) in [5.74, 6) is 0.825. The van der Waals surface area contributed by atoms with Gasteiger partial charge in [0.25, 0.3) is 0 Å². The minimum absolute atomic E-state index is 0.239. The van der Waals surface area contributed by atoms with Crippen LogP contribution in [0.25, 0.3) is 0 Å². The van der Waals surface area contributed by atoms with Crippen molar-refractivity contribution < 1.29 is 0 Å². The third-order valence-corrected chi connectivity index (χ3v) is 3.66. The Bertz CT molecular complexity index is 267. The molecule has 0 saturated carbocycles. The highest BCUT2D eigenvalue weighted by molar-refractivity contribution is 9.09. The molecule has 0 aliphatic heterocycles. The Morgan fingerprint density at radius 2 is 2.23 bits per heavy atom. The zero-order valence-corrected chi connectivity index (χ0v) is 9.87. The Hall–Kier alpha value is -0.450. The molecule has 0 saturated heterocycles. The highest BCUT2D eigenvalue weighted by atomic mass is 79.9. The van der Waals surface area contributed by atoms with Crippen molar-refractivity contribution in [1.82, 2.24) is 20.2 Å². The molecular formula is C8H15BrN4. The van der Waals surface area contributed by atoms with E-state index in [2.05, 4.69) is 45.2 Å². The van der Waals surface area contributed by atoms with Crippen LogP contribution in [0.3, 0.4) is 0 Å². The van der Waals surface area contributed by atoms with E-state index in [4.69, 9.17) is 0 Å². The van der Waals surface area contributed by atoms with Crippen LogP contribution in [0.2, 0.25) is 0 Å². The van der Waals surface area contributed by atoms with Gasteiger partial charge in [-0.2, -0.15) is 4.80 Å². The van der Waals surface area contributed by atoms with Gasteiger partial charge in [0.2, 0.25) is 0 Å². The van der Waals surface area contributed by atoms with Crippen molar-refractivity contribution in [2.45, 2.75) is 26.7 Å². The van der Waals surface area contributed by atoms with Gasteiger partial charge in [0, 0.05) is 11.8 Å². The highest BCUT2D eigenvalue weighted by Crippen LogP contribution is 2.26. The smallest absolute Gasteiger partial charge is 0.167 e. The van der Waals surface area contributed by atoms with Gasteiger partial charge in [-0.3, -0.25) is 0 Å². The number of aromatic nitrogens is 4. The van der Waals surface area contributed by atoms with Crippen molar-refractivity contribution >= 4 is 15.9 Å². The summed E-state index contributed by atoms with van der Waals surface area (Å²) >= 11 is 3.51. The first kappa shape index (κ1) is 10.6. The van der Waals surface area contributed by atoms with Crippen LogP contribution in [-0.2, 0) is 13.5 Å². The maximum absolute atomic E-state index is 4.17. The molecule has 0 amide bonds. The third kappa shape index (κ3) is 2.76. The van der Waals surface area contributed by atoms with Gasteiger partial charge in [0.05, 0.1) is 7.05 Å². The van der Waals surface area contributed by atoms with Gasteiger partial charge in [-0.1, -0.05) is 29.8 Å². The van der Waals surface area contributed by atoms with Gasteiger partial charge in [0.15, 0.2) is 5.82 Å². The van der Waals surface area contributed by atoms with E-state index < -0.39 is 0 Å². The summed E-state index contributed by atoms with van der Waals surface area (Å²) in [6.07, 6.45) is 1.99. The molecule has 1 aromatic rings. The number of aryl methyl sites for hydroxylation is 1. The summed E-state index contributed by atoms with van der Waals surface area (Å²) in [5, 5.41) is 12.9. The molecule has 0 spiro atoms. The molecule has 0 aliphatic rings. The fourth-order valence-electron chi connectivity index (χ4n) is 1.04. The Morgan fingerprint density at radius 3 is 2.62 bits per heavy atom. The lowest BCUT2D eigenvalue weighted by Gasteiger charge is -2.23. The van der Waals surface area contributed by atoms with Gasteiger partial charge < -0.3 is 0 Å². The Labute approximate surface area is 86.8 Å². The normalized spacial score (nSPS) is 15.7. The standard InChI is InChI=1S/C8H15BrN4/c1-4-8(2,6-9)5-7-10-12-13(3)11-7/h4-6H2,1-3H3. The van der Waals surface area contributed by atoms with E-state index in [1.165, 1.54) is 4.80 Å². The lowest BCUT2D eigenvalue weighted by Crippen LogP contribution is -2.21. The summed E-state index contributed by atoms with van der Waals surface area (Å²) < 4.78 is 0.